The molecule has 0 N–H and O–H groups in total. The van der Waals surface area contributed by atoms with Crippen LogP contribution in [0.4, 0.5) is 0 Å². The van der Waals surface area contributed by atoms with Crippen LogP contribution in [0.3, 0.4) is 0 Å². The Hall–Kier alpha value is -1.18. The second-order valence-corrected chi connectivity index (χ2v) is 4.12. The number of aromatic nitrogens is 1. The van der Waals surface area contributed by atoms with E-state index in [0.717, 1.165) is 19.3 Å². The van der Waals surface area contributed by atoms with Gasteiger partial charge in [-0.3, -0.25) is 9.78 Å². The highest BCUT2D eigenvalue weighted by Gasteiger charge is 2.30. The molecule has 2 heteroatoms. The summed E-state index contributed by atoms with van der Waals surface area (Å²) in [6.07, 6.45) is 6.50. The summed E-state index contributed by atoms with van der Waals surface area (Å²) in [7, 11) is 0. The Labute approximate surface area is 84.4 Å². The van der Waals surface area contributed by atoms with Crippen LogP contribution in [0.25, 0.3) is 0 Å². The van der Waals surface area contributed by atoms with Gasteiger partial charge in [-0.1, -0.05) is 13.0 Å². The third-order valence-corrected chi connectivity index (χ3v) is 3.20. The number of Topliss-reactive ketones (excluding diaryl/α,β-unsaturated/α-hetero) is 1. The maximum absolute atomic E-state index is 11.4. The van der Waals surface area contributed by atoms with Crippen LogP contribution >= 0.6 is 0 Å². The van der Waals surface area contributed by atoms with Gasteiger partial charge in [-0.05, 0) is 30.4 Å². The van der Waals surface area contributed by atoms with Crippen molar-refractivity contribution in [2.75, 3.05) is 0 Å². The molecule has 0 amide bonds. The van der Waals surface area contributed by atoms with E-state index in [1.54, 1.807) is 6.20 Å². The van der Waals surface area contributed by atoms with Crippen LogP contribution in [0.2, 0.25) is 0 Å². The number of carbonyl (C=O) groups excluding carboxylic acids is 1. The van der Waals surface area contributed by atoms with Crippen molar-refractivity contribution in [2.45, 2.75) is 26.2 Å². The Morgan fingerprint density at radius 2 is 2.43 bits per heavy atom. The van der Waals surface area contributed by atoms with E-state index < -0.39 is 0 Å². The van der Waals surface area contributed by atoms with Gasteiger partial charge in [0.05, 0.1) is 0 Å². The number of nitrogens with zero attached hydrogens (tertiary/aromatic N) is 1. The van der Waals surface area contributed by atoms with Gasteiger partial charge >= 0.3 is 0 Å². The lowest BCUT2D eigenvalue weighted by atomic mass is 9.91. The molecule has 1 saturated carbocycles. The molecule has 0 radical (unpaired) electrons. The summed E-state index contributed by atoms with van der Waals surface area (Å²) in [6.45, 7) is 2.05. The van der Waals surface area contributed by atoms with Gasteiger partial charge in [-0.25, -0.2) is 0 Å². The number of rotatable bonds is 2. The summed E-state index contributed by atoms with van der Waals surface area (Å²) in [5, 5.41) is 0. The summed E-state index contributed by atoms with van der Waals surface area (Å²) >= 11 is 0. The predicted octanol–water partition coefficient (Wildman–Crippen LogP) is 2.24. The monoisotopic (exact) mass is 189 g/mol. The topological polar surface area (TPSA) is 30.0 Å². The van der Waals surface area contributed by atoms with Crippen molar-refractivity contribution >= 4 is 5.78 Å². The summed E-state index contributed by atoms with van der Waals surface area (Å²) in [5.41, 5.74) is 1.25. The van der Waals surface area contributed by atoms with Gasteiger partial charge in [-0.15, -0.1) is 0 Å². The number of ketones is 1. The highest BCUT2D eigenvalue weighted by molar-refractivity contribution is 5.83. The van der Waals surface area contributed by atoms with E-state index in [0.29, 0.717) is 11.7 Å². The Kier molecular flexibility index (Phi) is 2.62. The standard InChI is InChI=1S/C12H15NO/c1-9-11(4-5-12(9)14)7-10-3-2-6-13-8-10/h2-3,6,8-9,11H,4-5,7H2,1H3. The largest absolute Gasteiger partial charge is 0.299 e. The lowest BCUT2D eigenvalue weighted by molar-refractivity contribution is -0.120. The number of carbonyl (C=O) groups is 1. The van der Waals surface area contributed by atoms with Crippen molar-refractivity contribution in [1.82, 2.24) is 4.98 Å². The molecular formula is C12H15NO. The van der Waals surface area contributed by atoms with Crippen molar-refractivity contribution < 1.29 is 4.79 Å². The summed E-state index contributed by atoms with van der Waals surface area (Å²) in [6, 6.07) is 4.04. The van der Waals surface area contributed by atoms with Crippen LogP contribution < -0.4 is 0 Å². The quantitative estimate of drug-likeness (QED) is 0.714. The van der Waals surface area contributed by atoms with Gasteiger partial charge in [-0.2, -0.15) is 0 Å². The average molecular weight is 189 g/mol. The molecule has 1 aliphatic carbocycles. The smallest absolute Gasteiger partial charge is 0.135 e. The Morgan fingerprint density at radius 1 is 1.57 bits per heavy atom. The zero-order valence-electron chi connectivity index (χ0n) is 8.44. The molecule has 1 fully saturated rings. The van der Waals surface area contributed by atoms with E-state index in [-0.39, 0.29) is 5.92 Å². The molecule has 74 valence electrons. The van der Waals surface area contributed by atoms with Crippen molar-refractivity contribution in [3.05, 3.63) is 30.1 Å². The molecular weight excluding hydrogens is 174 g/mol. The lowest BCUT2D eigenvalue weighted by Crippen LogP contribution is -2.12. The van der Waals surface area contributed by atoms with Crippen molar-refractivity contribution in [3.8, 4) is 0 Å². The first-order chi connectivity index (χ1) is 6.77. The molecule has 2 atom stereocenters. The maximum atomic E-state index is 11.4. The Balaban J connectivity index is 2.02. The number of hydrogen-bond donors (Lipinski definition) is 0. The third kappa shape index (κ3) is 1.84. The second kappa shape index (κ2) is 3.91. The fraction of sp³-hybridized carbons (Fsp3) is 0.500. The van der Waals surface area contributed by atoms with Crippen LogP contribution in [0.15, 0.2) is 24.5 Å². The van der Waals surface area contributed by atoms with Gasteiger partial charge in [0.1, 0.15) is 5.78 Å². The molecule has 2 unspecified atom stereocenters. The molecule has 1 aliphatic rings. The van der Waals surface area contributed by atoms with E-state index in [1.807, 2.05) is 12.3 Å². The molecule has 0 aromatic carbocycles. The van der Waals surface area contributed by atoms with Gasteiger partial charge in [0, 0.05) is 24.7 Å². The van der Waals surface area contributed by atoms with Crippen LogP contribution in [-0.2, 0) is 11.2 Å². The maximum Gasteiger partial charge on any atom is 0.135 e. The molecule has 1 aromatic heterocycles. The highest BCUT2D eigenvalue weighted by atomic mass is 16.1. The first-order valence-electron chi connectivity index (χ1n) is 5.19. The van der Waals surface area contributed by atoms with Crippen LogP contribution in [-0.4, -0.2) is 10.8 Å². The molecule has 2 nitrogen and oxygen atoms in total. The Bertz CT molecular complexity index is 320. The van der Waals surface area contributed by atoms with E-state index in [9.17, 15) is 4.79 Å². The van der Waals surface area contributed by atoms with Gasteiger partial charge in [0.15, 0.2) is 0 Å². The molecule has 0 saturated heterocycles. The van der Waals surface area contributed by atoms with E-state index in [1.165, 1.54) is 5.56 Å². The van der Waals surface area contributed by atoms with Gasteiger partial charge < -0.3 is 0 Å². The fourth-order valence-corrected chi connectivity index (χ4v) is 2.17. The van der Waals surface area contributed by atoms with Crippen molar-refractivity contribution in [3.63, 3.8) is 0 Å². The zero-order valence-corrected chi connectivity index (χ0v) is 8.44. The minimum atomic E-state index is 0.246. The Morgan fingerprint density at radius 3 is 3.00 bits per heavy atom. The first-order valence-corrected chi connectivity index (χ1v) is 5.19. The highest BCUT2D eigenvalue weighted by Crippen LogP contribution is 2.30. The average Bonchev–Trinajstić information content (AvgIpc) is 2.52. The van der Waals surface area contributed by atoms with Gasteiger partial charge in [0.25, 0.3) is 0 Å². The summed E-state index contributed by atoms with van der Waals surface area (Å²) in [4.78, 5) is 15.4. The van der Waals surface area contributed by atoms with Crippen LogP contribution in [0.5, 0.6) is 0 Å². The van der Waals surface area contributed by atoms with Gasteiger partial charge in [0.2, 0.25) is 0 Å². The minimum Gasteiger partial charge on any atom is -0.299 e. The molecule has 0 bridgehead atoms. The zero-order chi connectivity index (χ0) is 9.97. The second-order valence-electron chi connectivity index (χ2n) is 4.12. The molecule has 0 spiro atoms. The van der Waals surface area contributed by atoms with Crippen LogP contribution in [0.1, 0.15) is 25.3 Å². The first kappa shape index (κ1) is 9.38. The molecule has 1 aromatic rings. The normalized spacial score (nSPS) is 26.8. The van der Waals surface area contributed by atoms with E-state index in [4.69, 9.17) is 0 Å². The number of hydrogen-bond acceptors (Lipinski definition) is 2. The van der Waals surface area contributed by atoms with E-state index in [2.05, 4.69) is 18.0 Å². The van der Waals surface area contributed by atoms with E-state index >= 15 is 0 Å². The van der Waals surface area contributed by atoms with Crippen LogP contribution in [0, 0.1) is 11.8 Å². The molecule has 1 heterocycles. The third-order valence-electron chi connectivity index (χ3n) is 3.20. The lowest BCUT2D eigenvalue weighted by Gasteiger charge is -2.13. The molecule has 2 rings (SSSR count). The summed E-state index contributed by atoms with van der Waals surface area (Å²) in [5.74, 6) is 1.21. The summed E-state index contributed by atoms with van der Waals surface area (Å²) < 4.78 is 0. The fourth-order valence-electron chi connectivity index (χ4n) is 2.17. The molecule has 0 aliphatic heterocycles. The minimum absolute atomic E-state index is 0.246. The predicted molar refractivity (Wildman–Crippen MR) is 54.8 cm³/mol. The molecule has 14 heavy (non-hydrogen) atoms. The van der Waals surface area contributed by atoms with Crippen molar-refractivity contribution in [2.24, 2.45) is 11.8 Å². The SMILES string of the molecule is CC1C(=O)CCC1Cc1cccnc1. The van der Waals surface area contributed by atoms with Crippen molar-refractivity contribution in [1.29, 1.82) is 0 Å². The number of pyridine rings is 1.